The van der Waals surface area contributed by atoms with Crippen LogP contribution in [0.3, 0.4) is 0 Å². The Kier molecular flexibility index (Phi) is 3.33. The first kappa shape index (κ1) is 17.6. The molecule has 0 amide bonds. The summed E-state index contributed by atoms with van der Waals surface area (Å²) in [5, 5.41) is 23.5. The van der Waals surface area contributed by atoms with Gasteiger partial charge in [0, 0.05) is 56.4 Å². The van der Waals surface area contributed by atoms with Crippen LogP contribution in [-0.2, 0) is 9.47 Å². The van der Waals surface area contributed by atoms with E-state index in [0.717, 1.165) is 25.8 Å². The molecule has 1 saturated heterocycles. The molecule has 5 aliphatic carbocycles. The maximum absolute atomic E-state index is 12.2. The van der Waals surface area contributed by atoms with Crippen LogP contribution < -0.4 is 0 Å². The van der Waals surface area contributed by atoms with E-state index in [1.807, 2.05) is 7.11 Å². The third kappa shape index (κ3) is 1.66. The Labute approximate surface area is 162 Å². The zero-order valence-corrected chi connectivity index (χ0v) is 17.1. The van der Waals surface area contributed by atoms with Crippen LogP contribution in [0.2, 0.25) is 0 Å². The summed E-state index contributed by atoms with van der Waals surface area (Å²) in [6.45, 7) is 3.61. The summed E-state index contributed by atoms with van der Waals surface area (Å²) in [6, 6.07) is 0.369. The van der Waals surface area contributed by atoms with Crippen molar-refractivity contribution >= 4 is 0 Å². The summed E-state index contributed by atoms with van der Waals surface area (Å²) in [4.78, 5) is 2.58. The van der Waals surface area contributed by atoms with E-state index in [-0.39, 0.29) is 35.4 Å². The molecule has 1 spiro atoms. The summed E-state index contributed by atoms with van der Waals surface area (Å²) in [5.41, 5.74) is -0.425. The molecule has 5 heteroatoms. The van der Waals surface area contributed by atoms with Crippen molar-refractivity contribution in [1.29, 1.82) is 0 Å². The number of fused-ring (bicyclic) bond motifs is 2. The molecule has 1 aliphatic heterocycles. The largest absolute Gasteiger partial charge is 0.392 e. The number of hydrogen-bond acceptors (Lipinski definition) is 5. The van der Waals surface area contributed by atoms with Gasteiger partial charge in [0.1, 0.15) is 0 Å². The molecular formula is C22H35NO4. The molecule has 12 atom stereocenters. The quantitative estimate of drug-likeness (QED) is 0.764. The predicted molar refractivity (Wildman–Crippen MR) is 100 cm³/mol. The maximum Gasteiger partial charge on any atom is 0.0771 e. The van der Waals surface area contributed by atoms with Gasteiger partial charge < -0.3 is 24.6 Å². The first-order valence-corrected chi connectivity index (χ1v) is 11.0. The van der Waals surface area contributed by atoms with Gasteiger partial charge in [-0.1, -0.05) is 6.92 Å². The molecule has 27 heavy (non-hydrogen) atoms. The molecule has 0 radical (unpaired) electrons. The molecule has 5 nitrogen and oxygen atoms in total. The van der Waals surface area contributed by atoms with Gasteiger partial charge in [0.05, 0.1) is 23.9 Å². The topological polar surface area (TPSA) is 62.2 Å². The van der Waals surface area contributed by atoms with Crippen LogP contribution in [0.1, 0.15) is 39.0 Å². The Balaban J connectivity index is 1.60. The van der Waals surface area contributed by atoms with Crippen LogP contribution in [0.5, 0.6) is 0 Å². The van der Waals surface area contributed by atoms with E-state index in [2.05, 4.69) is 18.9 Å². The van der Waals surface area contributed by atoms with Crippen molar-refractivity contribution in [2.75, 3.05) is 27.8 Å². The van der Waals surface area contributed by atoms with E-state index in [4.69, 9.17) is 9.47 Å². The Hall–Kier alpha value is -0.200. The van der Waals surface area contributed by atoms with E-state index >= 15 is 0 Å². The van der Waals surface area contributed by atoms with E-state index in [0.29, 0.717) is 29.7 Å². The zero-order chi connectivity index (χ0) is 18.9. The normalized spacial score (nSPS) is 66.2. The molecule has 0 aromatic rings. The monoisotopic (exact) mass is 377 g/mol. The van der Waals surface area contributed by atoms with Gasteiger partial charge in [0.2, 0.25) is 0 Å². The zero-order valence-electron chi connectivity index (χ0n) is 17.1. The summed E-state index contributed by atoms with van der Waals surface area (Å²) in [7, 11) is 5.92. The van der Waals surface area contributed by atoms with Crippen molar-refractivity contribution in [3.63, 3.8) is 0 Å². The van der Waals surface area contributed by atoms with Crippen LogP contribution in [0.25, 0.3) is 0 Å². The lowest BCUT2D eigenvalue weighted by Gasteiger charge is -2.68. The van der Waals surface area contributed by atoms with Crippen molar-refractivity contribution in [3.8, 4) is 0 Å². The molecular weight excluding hydrogens is 342 g/mol. The average molecular weight is 378 g/mol. The third-order valence-corrected chi connectivity index (χ3v) is 10.7. The van der Waals surface area contributed by atoms with Gasteiger partial charge in [-0.05, 0) is 50.0 Å². The van der Waals surface area contributed by atoms with Crippen LogP contribution in [0.4, 0.5) is 0 Å². The fourth-order valence-corrected chi connectivity index (χ4v) is 10.3. The average Bonchev–Trinajstić information content (AvgIpc) is 3.06. The number of piperidine rings is 1. The number of ether oxygens (including phenoxy) is 2. The van der Waals surface area contributed by atoms with Gasteiger partial charge in [-0.15, -0.1) is 0 Å². The number of hydrogen-bond donors (Lipinski definition) is 2. The fourth-order valence-electron chi connectivity index (χ4n) is 10.3. The summed E-state index contributed by atoms with van der Waals surface area (Å²) in [5.74, 6) is 1.31. The first-order chi connectivity index (χ1) is 12.8. The summed E-state index contributed by atoms with van der Waals surface area (Å²) in [6.07, 6.45) is 4.88. The number of likely N-dealkylation sites (tertiary alicyclic amines) is 1. The highest BCUT2D eigenvalue weighted by atomic mass is 16.5. The Morgan fingerprint density at radius 1 is 1.11 bits per heavy atom. The lowest BCUT2D eigenvalue weighted by Crippen LogP contribution is -2.75. The number of methoxy groups -OCH3 is 2. The highest BCUT2D eigenvalue weighted by molar-refractivity contribution is 5.32. The fraction of sp³-hybridized carbons (Fsp3) is 1.00. The van der Waals surface area contributed by atoms with Crippen LogP contribution in [0, 0.1) is 40.4 Å². The number of nitrogens with zero attached hydrogens (tertiary/aromatic N) is 1. The van der Waals surface area contributed by atoms with E-state index < -0.39 is 11.7 Å². The molecule has 1 heterocycles. The highest BCUT2D eigenvalue weighted by Crippen LogP contribution is 2.78. The second-order valence-electron chi connectivity index (χ2n) is 11.2. The second kappa shape index (κ2) is 5.10. The molecule has 12 unspecified atom stereocenters. The molecule has 7 bridgehead atoms. The second-order valence-corrected chi connectivity index (χ2v) is 11.2. The molecule has 0 aromatic heterocycles. The molecule has 6 rings (SSSR count). The SMILES string of the molecule is COC1CC2(O)C3CC4C5(C)CCC(OC)C4(C4CC1C(O)C42)C3N(C)C5. The van der Waals surface area contributed by atoms with Gasteiger partial charge in [-0.3, -0.25) is 0 Å². The molecule has 6 aliphatic rings. The summed E-state index contributed by atoms with van der Waals surface area (Å²) >= 11 is 0. The minimum absolute atomic E-state index is 0.00773. The van der Waals surface area contributed by atoms with Crippen molar-refractivity contribution in [1.82, 2.24) is 4.90 Å². The van der Waals surface area contributed by atoms with E-state index in [1.54, 1.807) is 7.11 Å². The minimum atomic E-state index is -0.803. The van der Waals surface area contributed by atoms with Crippen molar-refractivity contribution in [3.05, 3.63) is 0 Å². The van der Waals surface area contributed by atoms with Crippen molar-refractivity contribution < 1.29 is 19.7 Å². The van der Waals surface area contributed by atoms with Crippen LogP contribution in [0.15, 0.2) is 0 Å². The Morgan fingerprint density at radius 3 is 2.59 bits per heavy atom. The first-order valence-electron chi connectivity index (χ1n) is 11.0. The Morgan fingerprint density at radius 2 is 1.89 bits per heavy atom. The minimum Gasteiger partial charge on any atom is -0.392 e. The number of aliphatic hydroxyl groups is 2. The third-order valence-electron chi connectivity index (χ3n) is 10.7. The van der Waals surface area contributed by atoms with Crippen LogP contribution in [-0.4, -0.2) is 72.9 Å². The molecule has 0 aromatic carbocycles. The standard InChI is InChI=1S/C22H35NO4/c1-20-6-5-16(27-4)22-12-7-11-14(26-3)9-21(25,17(12)18(11)24)13(8-15(20)22)19(22)23(2)10-20/h11-19,24-25H,5-10H2,1-4H3. The van der Waals surface area contributed by atoms with Gasteiger partial charge >= 0.3 is 0 Å². The van der Waals surface area contributed by atoms with Crippen molar-refractivity contribution in [2.24, 2.45) is 40.4 Å². The summed E-state index contributed by atoms with van der Waals surface area (Å²) < 4.78 is 12.0. The Bertz CT molecular complexity index is 673. The van der Waals surface area contributed by atoms with Gasteiger partial charge in [0.25, 0.3) is 0 Å². The number of aliphatic hydroxyl groups excluding tert-OH is 1. The van der Waals surface area contributed by atoms with Crippen LogP contribution >= 0.6 is 0 Å². The lowest BCUT2D eigenvalue weighted by molar-refractivity contribution is -0.267. The lowest BCUT2D eigenvalue weighted by atomic mass is 9.43. The predicted octanol–water partition coefficient (Wildman–Crippen LogP) is 1.51. The van der Waals surface area contributed by atoms with Gasteiger partial charge in [-0.2, -0.15) is 0 Å². The molecule has 152 valence electrons. The maximum atomic E-state index is 12.2. The van der Waals surface area contributed by atoms with E-state index in [9.17, 15) is 10.2 Å². The number of rotatable bonds is 2. The van der Waals surface area contributed by atoms with E-state index in [1.165, 1.54) is 6.42 Å². The smallest absolute Gasteiger partial charge is 0.0771 e. The van der Waals surface area contributed by atoms with Gasteiger partial charge in [0.15, 0.2) is 0 Å². The molecule has 6 fully saturated rings. The molecule has 2 N–H and O–H groups in total. The van der Waals surface area contributed by atoms with Gasteiger partial charge in [-0.25, -0.2) is 0 Å². The highest BCUT2D eigenvalue weighted by Gasteiger charge is 2.82. The van der Waals surface area contributed by atoms with Crippen molar-refractivity contribution in [2.45, 2.75) is 69.0 Å². The molecule has 5 saturated carbocycles.